The Labute approximate surface area is 125 Å². The summed E-state index contributed by atoms with van der Waals surface area (Å²) in [6.45, 7) is 6.80. The van der Waals surface area contributed by atoms with E-state index in [1.165, 1.54) is 31.4 Å². The van der Waals surface area contributed by atoms with Crippen molar-refractivity contribution >= 4 is 5.91 Å². The number of H-pyrrole nitrogens is 1. The molecule has 1 aliphatic rings. The number of piperidine rings is 1. The number of hydrogen-bond acceptors (Lipinski definition) is 3. The maximum absolute atomic E-state index is 12.2. The van der Waals surface area contributed by atoms with Gasteiger partial charge in [-0.2, -0.15) is 0 Å². The third-order valence-corrected chi connectivity index (χ3v) is 4.10. The largest absolute Gasteiger partial charge is 0.354 e. The van der Waals surface area contributed by atoms with E-state index in [1.54, 1.807) is 6.92 Å². The summed E-state index contributed by atoms with van der Waals surface area (Å²) in [5, 5.41) is 2.95. The molecular formula is C16H25N3O2. The minimum atomic E-state index is -0.203. The Balaban J connectivity index is 1.93. The third kappa shape index (κ3) is 4.43. The molecule has 5 nitrogen and oxygen atoms in total. The second-order valence-corrected chi connectivity index (χ2v) is 5.78. The predicted molar refractivity (Wildman–Crippen MR) is 83.6 cm³/mol. The van der Waals surface area contributed by atoms with Crippen LogP contribution in [0.1, 0.15) is 48.8 Å². The van der Waals surface area contributed by atoms with Crippen LogP contribution in [0.2, 0.25) is 0 Å². The van der Waals surface area contributed by atoms with Crippen molar-refractivity contribution in [2.75, 3.05) is 19.6 Å². The van der Waals surface area contributed by atoms with E-state index in [0.717, 1.165) is 19.5 Å². The zero-order chi connectivity index (χ0) is 15.2. The monoisotopic (exact) mass is 291 g/mol. The maximum atomic E-state index is 12.2. The third-order valence-electron chi connectivity index (χ3n) is 4.10. The molecule has 2 heterocycles. The van der Waals surface area contributed by atoms with Gasteiger partial charge in [0.2, 0.25) is 0 Å². The Bertz CT molecular complexity index is 533. The minimum absolute atomic E-state index is 0.139. The van der Waals surface area contributed by atoms with Crippen LogP contribution in [0.15, 0.2) is 16.9 Å². The van der Waals surface area contributed by atoms with E-state index >= 15 is 0 Å². The first-order valence-corrected chi connectivity index (χ1v) is 7.83. The summed E-state index contributed by atoms with van der Waals surface area (Å²) in [6, 6.07) is 3.22. The van der Waals surface area contributed by atoms with Gasteiger partial charge in [0.1, 0.15) is 5.69 Å². The van der Waals surface area contributed by atoms with Gasteiger partial charge in [-0.05, 0) is 39.3 Å². The van der Waals surface area contributed by atoms with Crippen LogP contribution in [-0.2, 0) is 0 Å². The van der Waals surface area contributed by atoms with Gasteiger partial charge in [0.15, 0.2) is 5.43 Å². The van der Waals surface area contributed by atoms with Crippen molar-refractivity contribution in [3.8, 4) is 0 Å². The van der Waals surface area contributed by atoms with Crippen molar-refractivity contribution in [1.82, 2.24) is 15.2 Å². The summed E-state index contributed by atoms with van der Waals surface area (Å²) in [7, 11) is 0. The van der Waals surface area contributed by atoms with Crippen LogP contribution >= 0.6 is 0 Å². The van der Waals surface area contributed by atoms with Gasteiger partial charge in [-0.25, -0.2) is 0 Å². The normalized spacial score (nSPS) is 17.4. The van der Waals surface area contributed by atoms with Crippen LogP contribution in [0.4, 0.5) is 0 Å². The van der Waals surface area contributed by atoms with Crippen LogP contribution in [0.3, 0.4) is 0 Å². The summed E-state index contributed by atoms with van der Waals surface area (Å²) in [5.41, 5.74) is 0.906. The molecule has 116 valence electrons. The molecule has 1 unspecified atom stereocenters. The Kier molecular flexibility index (Phi) is 5.56. The Morgan fingerprint density at radius 1 is 1.33 bits per heavy atom. The summed E-state index contributed by atoms with van der Waals surface area (Å²) in [6.07, 6.45) is 4.82. The topological polar surface area (TPSA) is 65.2 Å². The highest BCUT2D eigenvalue weighted by molar-refractivity contribution is 5.92. The van der Waals surface area contributed by atoms with Gasteiger partial charge in [-0.3, -0.25) is 14.5 Å². The number of amides is 1. The van der Waals surface area contributed by atoms with Gasteiger partial charge >= 0.3 is 0 Å². The van der Waals surface area contributed by atoms with Crippen LogP contribution < -0.4 is 10.7 Å². The van der Waals surface area contributed by atoms with Crippen LogP contribution in [0, 0.1) is 6.92 Å². The van der Waals surface area contributed by atoms with E-state index in [2.05, 4.69) is 22.1 Å². The van der Waals surface area contributed by atoms with Crippen molar-refractivity contribution in [3.63, 3.8) is 0 Å². The second-order valence-electron chi connectivity index (χ2n) is 5.78. The van der Waals surface area contributed by atoms with Gasteiger partial charge in [0, 0.05) is 30.4 Å². The lowest BCUT2D eigenvalue weighted by Crippen LogP contribution is -2.46. The van der Waals surface area contributed by atoms with Gasteiger partial charge < -0.3 is 10.3 Å². The molecular weight excluding hydrogens is 266 g/mol. The number of aryl methyl sites for hydroxylation is 1. The average molecular weight is 291 g/mol. The zero-order valence-corrected chi connectivity index (χ0v) is 12.9. The van der Waals surface area contributed by atoms with E-state index < -0.39 is 0 Å². The van der Waals surface area contributed by atoms with E-state index in [0.29, 0.717) is 24.0 Å². The van der Waals surface area contributed by atoms with Crippen LogP contribution in [0.5, 0.6) is 0 Å². The SMILES string of the molecule is CCC(CNC(=O)c1cc(=O)cc(C)[nH]1)N1CCCCC1. The fourth-order valence-electron chi connectivity index (χ4n) is 2.93. The lowest BCUT2D eigenvalue weighted by molar-refractivity contribution is 0.0917. The molecule has 1 fully saturated rings. The fraction of sp³-hybridized carbons (Fsp3) is 0.625. The number of nitrogens with one attached hydrogen (secondary N) is 2. The number of carbonyl (C=O) groups is 1. The number of aromatic nitrogens is 1. The highest BCUT2D eigenvalue weighted by atomic mass is 16.2. The van der Waals surface area contributed by atoms with Crippen molar-refractivity contribution in [2.24, 2.45) is 0 Å². The number of pyridine rings is 1. The van der Waals surface area contributed by atoms with Gasteiger partial charge in [0.25, 0.3) is 5.91 Å². The van der Waals surface area contributed by atoms with Crippen molar-refractivity contribution < 1.29 is 4.79 Å². The number of hydrogen-bond donors (Lipinski definition) is 2. The summed E-state index contributed by atoms with van der Waals surface area (Å²) in [5.74, 6) is -0.203. The molecule has 0 spiro atoms. The molecule has 0 aromatic carbocycles. The van der Waals surface area contributed by atoms with Crippen molar-refractivity contribution in [3.05, 3.63) is 33.7 Å². The van der Waals surface area contributed by atoms with Crippen molar-refractivity contribution in [2.45, 2.75) is 45.6 Å². The molecule has 1 atom stereocenters. The molecule has 21 heavy (non-hydrogen) atoms. The summed E-state index contributed by atoms with van der Waals surface area (Å²) < 4.78 is 0. The van der Waals surface area contributed by atoms with Crippen LogP contribution in [0.25, 0.3) is 0 Å². The second kappa shape index (κ2) is 7.41. The smallest absolute Gasteiger partial charge is 0.267 e. The molecule has 2 rings (SSSR count). The maximum Gasteiger partial charge on any atom is 0.267 e. The summed E-state index contributed by atoms with van der Waals surface area (Å²) >= 11 is 0. The molecule has 1 saturated heterocycles. The van der Waals surface area contributed by atoms with E-state index in [4.69, 9.17) is 0 Å². The molecule has 1 aromatic rings. The zero-order valence-electron chi connectivity index (χ0n) is 12.9. The first kappa shape index (κ1) is 15.8. The highest BCUT2D eigenvalue weighted by Crippen LogP contribution is 2.13. The first-order valence-electron chi connectivity index (χ1n) is 7.83. The fourth-order valence-corrected chi connectivity index (χ4v) is 2.93. The lowest BCUT2D eigenvalue weighted by atomic mass is 10.1. The molecule has 0 saturated carbocycles. The Hall–Kier alpha value is -1.62. The molecule has 5 heteroatoms. The molecule has 2 N–H and O–H groups in total. The predicted octanol–water partition coefficient (Wildman–Crippen LogP) is 1.68. The number of likely N-dealkylation sites (tertiary alicyclic amines) is 1. The van der Waals surface area contributed by atoms with Gasteiger partial charge in [0.05, 0.1) is 0 Å². The Morgan fingerprint density at radius 2 is 2.05 bits per heavy atom. The van der Waals surface area contributed by atoms with Gasteiger partial charge in [-0.1, -0.05) is 13.3 Å². The molecule has 1 amide bonds. The summed E-state index contributed by atoms with van der Waals surface area (Å²) in [4.78, 5) is 29.0. The quantitative estimate of drug-likeness (QED) is 0.867. The van der Waals surface area contributed by atoms with Gasteiger partial charge in [-0.15, -0.1) is 0 Å². The van der Waals surface area contributed by atoms with E-state index in [-0.39, 0.29) is 11.3 Å². The van der Waals surface area contributed by atoms with E-state index in [1.807, 2.05) is 0 Å². The van der Waals surface area contributed by atoms with E-state index in [9.17, 15) is 9.59 Å². The molecule has 0 bridgehead atoms. The molecule has 0 aliphatic carbocycles. The van der Waals surface area contributed by atoms with Crippen molar-refractivity contribution in [1.29, 1.82) is 0 Å². The highest BCUT2D eigenvalue weighted by Gasteiger charge is 2.20. The first-order chi connectivity index (χ1) is 10.1. The Morgan fingerprint density at radius 3 is 2.67 bits per heavy atom. The minimum Gasteiger partial charge on any atom is -0.354 e. The number of carbonyl (C=O) groups excluding carboxylic acids is 1. The number of nitrogens with zero attached hydrogens (tertiary/aromatic N) is 1. The molecule has 0 radical (unpaired) electrons. The standard InChI is InChI=1S/C16H25N3O2/c1-3-13(19-7-5-4-6-8-19)11-17-16(21)15-10-14(20)9-12(2)18-15/h9-10,13H,3-8,11H2,1-2H3,(H,17,21)(H,18,20). The molecule has 1 aromatic heterocycles. The lowest BCUT2D eigenvalue weighted by Gasteiger charge is -2.34. The molecule has 1 aliphatic heterocycles. The number of aromatic amines is 1. The van der Waals surface area contributed by atoms with Crippen LogP contribution in [-0.4, -0.2) is 41.5 Å². The average Bonchev–Trinajstić information content (AvgIpc) is 2.47. The number of rotatable bonds is 5.